The van der Waals surface area contributed by atoms with Crippen LogP contribution in [0.1, 0.15) is 12.8 Å². The summed E-state index contributed by atoms with van der Waals surface area (Å²) < 4.78 is 13.0. The number of anilines is 1. The van der Waals surface area contributed by atoms with E-state index in [1.807, 2.05) is 0 Å². The van der Waals surface area contributed by atoms with Crippen LogP contribution in [0, 0.1) is 5.82 Å². The van der Waals surface area contributed by atoms with Crippen molar-refractivity contribution in [3.05, 3.63) is 28.0 Å². The van der Waals surface area contributed by atoms with Crippen LogP contribution >= 0.6 is 23.2 Å². The van der Waals surface area contributed by atoms with E-state index in [9.17, 15) is 4.39 Å². The third kappa shape index (κ3) is 3.86. The highest BCUT2D eigenvalue weighted by Crippen LogP contribution is 2.27. The van der Waals surface area contributed by atoms with Gasteiger partial charge in [-0.15, -0.1) is 0 Å². The second-order valence-electron chi connectivity index (χ2n) is 3.11. The summed E-state index contributed by atoms with van der Waals surface area (Å²) in [5, 5.41) is 11.6. The van der Waals surface area contributed by atoms with Crippen LogP contribution in [0.5, 0.6) is 0 Å². The Labute approximate surface area is 98.0 Å². The molecule has 0 unspecified atom stereocenters. The molecular formula is C10H12Cl2FNO. The number of unbranched alkanes of at least 4 members (excludes halogenated alkanes) is 1. The molecule has 0 bridgehead atoms. The van der Waals surface area contributed by atoms with Gasteiger partial charge in [-0.2, -0.15) is 0 Å². The van der Waals surface area contributed by atoms with Gasteiger partial charge in [0.1, 0.15) is 0 Å². The molecular weight excluding hydrogens is 240 g/mol. The van der Waals surface area contributed by atoms with Crippen molar-refractivity contribution in [1.29, 1.82) is 0 Å². The normalized spacial score (nSPS) is 10.4. The molecule has 0 aliphatic carbocycles. The second-order valence-corrected chi connectivity index (χ2v) is 3.93. The minimum atomic E-state index is -0.598. The zero-order valence-corrected chi connectivity index (χ0v) is 9.58. The number of nitrogens with one attached hydrogen (secondary N) is 1. The molecule has 15 heavy (non-hydrogen) atoms. The van der Waals surface area contributed by atoms with Crippen molar-refractivity contribution in [2.75, 3.05) is 18.5 Å². The van der Waals surface area contributed by atoms with E-state index in [0.29, 0.717) is 12.2 Å². The molecule has 2 nitrogen and oxygen atoms in total. The summed E-state index contributed by atoms with van der Waals surface area (Å²) in [7, 11) is 0. The average molecular weight is 252 g/mol. The van der Waals surface area contributed by atoms with E-state index in [1.54, 1.807) is 0 Å². The first-order chi connectivity index (χ1) is 7.15. The topological polar surface area (TPSA) is 32.3 Å². The SMILES string of the molecule is OCCCCNc1cc(Cl)c(F)c(Cl)c1. The Balaban J connectivity index is 2.55. The fraction of sp³-hybridized carbons (Fsp3) is 0.400. The van der Waals surface area contributed by atoms with E-state index in [1.165, 1.54) is 12.1 Å². The van der Waals surface area contributed by atoms with Crippen molar-refractivity contribution < 1.29 is 9.50 Å². The first-order valence-corrected chi connectivity index (χ1v) is 5.40. The summed E-state index contributed by atoms with van der Waals surface area (Å²) in [6.07, 6.45) is 1.57. The van der Waals surface area contributed by atoms with Crippen molar-refractivity contribution in [1.82, 2.24) is 0 Å². The Kier molecular flexibility index (Phi) is 5.15. The van der Waals surface area contributed by atoms with E-state index in [2.05, 4.69) is 5.32 Å². The van der Waals surface area contributed by atoms with E-state index >= 15 is 0 Å². The molecule has 1 aromatic rings. The van der Waals surface area contributed by atoms with Crippen LogP contribution in [0.4, 0.5) is 10.1 Å². The van der Waals surface area contributed by atoms with Gasteiger partial charge in [-0.3, -0.25) is 0 Å². The van der Waals surface area contributed by atoms with Crippen molar-refractivity contribution in [3.8, 4) is 0 Å². The minimum Gasteiger partial charge on any atom is -0.396 e. The molecule has 0 aliphatic rings. The Morgan fingerprint density at radius 1 is 1.20 bits per heavy atom. The van der Waals surface area contributed by atoms with Gasteiger partial charge in [-0.05, 0) is 25.0 Å². The van der Waals surface area contributed by atoms with Gasteiger partial charge < -0.3 is 10.4 Å². The summed E-state index contributed by atoms with van der Waals surface area (Å²) in [5.41, 5.74) is 0.685. The third-order valence-electron chi connectivity index (χ3n) is 1.90. The van der Waals surface area contributed by atoms with Crippen LogP contribution in [-0.2, 0) is 0 Å². The van der Waals surface area contributed by atoms with E-state index in [0.717, 1.165) is 12.8 Å². The van der Waals surface area contributed by atoms with Gasteiger partial charge in [0, 0.05) is 18.8 Å². The highest BCUT2D eigenvalue weighted by Gasteiger charge is 2.06. The Bertz CT molecular complexity index is 310. The number of aliphatic hydroxyl groups is 1. The van der Waals surface area contributed by atoms with Crippen molar-refractivity contribution in [2.24, 2.45) is 0 Å². The lowest BCUT2D eigenvalue weighted by molar-refractivity contribution is 0.286. The van der Waals surface area contributed by atoms with Crippen LogP contribution in [0.15, 0.2) is 12.1 Å². The van der Waals surface area contributed by atoms with Crippen molar-refractivity contribution in [2.45, 2.75) is 12.8 Å². The molecule has 0 fully saturated rings. The monoisotopic (exact) mass is 251 g/mol. The summed E-state index contributed by atoms with van der Waals surface area (Å²) in [6, 6.07) is 2.98. The maximum atomic E-state index is 13.0. The average Bonchev–Trinajstić information content (AvgIpc) is 2.21. The molecule has 1 rings (SSSR count). The van der Waals surface area contributed by atoms with Crippen LogP contribution in [-0.4, -0.2) is 18.3 Å². The third-order valence-corrected chi connectivity index (χ3v) is 2.45. The van der Waals surface area contributed by atoms with Gasteiger partial charge >= 0.3 is 0 Å². The Morgan fingerprint density at radius 3 is 2.33 bits per heavy atom. The number of rotatable bonds is 5. The highest BCUT2D eigenvalue weighted by atomic mass is 35.5. The first-order valence-electron chi connectivity index (χ1n) is 4.64. The molecule has 0 atom stereocenters. The molecule has 0 saturated heterocycles. The number of hydrogen-bond donors (Lipinski definition) is 2. The van der Waals surface area contributed by atoms with E-state index < -0.39 is 5.82 Å². The lowest BCUT2D eigenvalue weighted by Crippen LogP contribution is -2.02. The molecule has 1 aromatic carbocycles. The maximum Gasteiger partial charge on any atom is 0.160 e. The van der Waals surface area contributed by atoms with Gasteiger partial charge in [0.15, 0.2) is 5.82 Å². The van der Waals surface area contributed by atoms with Crippen LogP contribution in [0.3, 0.4) is 0 Å². The van der Waals surface area contributed by atoms with E-state index in [-0.39, 0.29) is 16.7 Å². The molecule has 0 saturated carbocycles. The Hall–Kier alpha value is -0.510. The smallest absolute Gasteiger partial charge is 0.160 e. The zero-order valence-electron chi connectivity index (χ0n) is 8.06. The highest BCUT2D eigenvalue weighted by molar-refractivity contribution is 6.35. The van der Waals surface area contributed by atoms with Crippen molar-refractivity contribution in [3.63, 3.8) is 0 Å². The largest absolute Gasteiger partial charge is 0.396 e. The molecule has 0 amide bonds. The van der Waals surface area contributed by atoms with Crippen LogP contribution in [0.2, 0.25) is 10.0 Å². The first kappa shape index (κ1) is 12.6. The standard InChI is InChI=1S/C10H12Cl2FNO/c11-8-5-7(6-9(12)10(8)13)14-3-1-2-4-15/h5-6,14-15H,1-4H2. The molecule has 5 heteroatoms. The summed E-state index contributed by atoms with van der Waals surface area (Å²) in [6.45, 7) is 0.867. The summed E-state index contributed by atoms with van der Waals surface area (Å²) in [4.78, 5) is 0. The number of hydrogen-bond acceptors (Lipinski definition) is 2. The van der Waals surface area contributed by atoms with Gasteiger partial charge in [0.25, 0.3) is 0 Å². The lowest BCUT2D eigenvalue weighted by Gasteiger charge is -2.07. The predicted molar refractivity (Wildman–Crippen MR) is 61.2 cm³/mol. The molecule has 84 valence electrons. The summed E-state index contributed by atoms with van der Waals surface area (Å²) >= 11 is 11.2. The quantitative estimate of drug-likeness (QED) is 0.622. The van der Waals surface area contributed by atoms with Crippen molar-refractivity contribution >= 4 is 28.9 Å². The summed E-state index contributed by atoms with van der Waals surface area (Å²) in [5.74, 6) is -0.598. The van der Waals surface area contributed by atoms with Crippen LogP contribution in [0.25, 0.3) is 0 Å². The molecule has 0 aromatic heterocycles. The van der Waals surface area contributed by atoms with Gasteiger partial charge in [-0.25, -0.2) is 4.39 Å². The molecule has 0 aliphatic heterocycles. The zero-order chi connectivity index (χ0) is 11.3. The van der Waals surface area contributed by atoms with Crippen LogP contribution < -0.4 is 5.32 Å². The molecule has 0 heterocycles. The number of halogens is 3. The van der Waals surface area contributed by atoms with E-state index in [4.69, 9.17) is 28.3 Å². The second kappa shape index (κ2) is 6.16. The molecule has 0 radical (unpaired) electrons. The fourth-order valence-electron chi connectivity index (χ4n) is 1.13. The molecule has 2 N–H and O–H groups in total. The molecule has 0 spiro atoms. The van der Waals surface area contributed by atoms with Gasteiger partial charge in [0.2, 0.25) is 0 Å². The maximum absolute atomic E-state index is 13.0. The fourth-order valence-corrected chi connectivity index (χ4v) is 1.61. The van der Waals surface area contributed by atoms with Gasteiger partial charge in [0.05, 0.1) is 10.0 Å². The Morgan fingerprint density at radius 2 is 1.80 bits per heavy atom. The minimum absolute atomic E-state index is 0.00663. The predicted octanol–water partition coefficient (Wildman–Crippen LogP) is 3.32. The number of benzene rings is 1. The lowest BCUT2D eigenvalue weighted by atomic mass is 10.3. The number of aliphatic hydroxyl groups excluding tert-OH is 1. The van der Waals surface area contributed by atoms with Gasteiger partial charge in [-0.1, -0.05) is 23.2 Å².